The molecule has 6 nitrogen and oxygen atoms in total. The Kier molecular flexibility index (Phi) is 6.32. The number of thioether (sulfide) groups is 1. The molecule has 4 aromatic rings. The molecule has 1 aliphatic heterocycles. The average molecular weight is 477 g/mol. The van der Waals surface area contributed by atoms with E-state index in [9.17, 15) is 0 Å². The van der Waals surface area contributed by atoms with Crippen LogP contribution in [-0.4, -0.2) is 21.8 Å². The first-order chi connectivity index (χ1) is 16.2. The predicted molar refractivity (Wildman–Crippen MR) is 131 cm³/mol. The quantitative estimate of drug-likeness (QED) is 0.323. The molecule has 0 amide bonds. The number of ether oxygens (including phenoxy) is 2. The topological polar surface area (TPSA) is 69.2 Å². The number of nitrogens with zero attached hydrogens (tertiary/aromatic N) is 3. The zero-order chi connectivity index (χ0) is 22.6. The first kappa shape index (κ1) is 21.6. The summed E-state index contributed by atoms with van der Waals surface area (Å²) < 4.78 is 12.2. The monoisotopic (exact) mass is 476 g/mol. The van der Waals surface area contributed by atoms with Gasteiger partial charge in [0.05, 0.1) is 12.2 Å². The zero-order valence-electron chi connectivity index (χ0n) is 17.9. The minimum absolute atomic E-state index is 0.417. The van der Waals surface area contributed by atoms with Crippen molar-refractivity contribution in [3.63, 3.8) is 0 Å². The number of hydrogen-bond donors (Lipinski definition) is 1. The van der Waals surface area contributed by atoms with Crippen LogP contribution in [0.25, 0.3) is 11.3 Å². The van der Waals surface area contributed by atoms with Crippen molar-refractivity contribution in [1.82, 2.24) is 15.2 Å². The molecule has 0 unspecified atom stereocenters. The molecule has 8 heteroatoms. The lowest BCUT2D eigenvalue weighted by Gasteiger charge is -2.21. The third-order valence-corrected chi connectivity index (χ3v) is 6.40. The second kappa shape index (κ2) is 9.68. The van der Waals surface area contributed by atoms with Crippen LogP contribution in [0.4, 0.5) is 5.69 Å². The number of benzene rings is 3. The SMILES string of the molecule is CCOc1ccccc1[C@H]1Nc2ccccc2-c2nnc(SCc3ccccc3Cl)nc2O1. The lowest BCUT2D eigenvalue weighted by atomic mass is 10.1. The number of rotatable bonds is 6. The molecule has 3 aromatic carbocycles. The second-order valence-electron chi connectivity index (χ2n) is 7.29. The number of hydrogen-bond acceptors (Lipinski definition) is 7. The fourth-order valence-electron chi connectivity index (χ4n) is 3.59. The average Bonchev–Trinajstić information content (AvgIpc) is 3.00. The lowest BCUT2D eigenvalue weighted by molar-refractivity contribution is 0.217. The van der Waals surface area contributed by atoms with Crippen LogP contribution in [0.1, 0.15) is 24.3 Å². The number of fused-ring (bicyclic) bond motifs is 3. The van der Waals surface area contributed by atoms with Gasteiger partial charge < -0.3 is 14.8 Å². The summed E-state index contributed by atoms with van der Waals surface area (Å²) in [6.07, 6.45) is -0.506. The highest BCUT2D eigenvalue weighted by atomic mass is 35.5. The van der Waals surface area contributed by atoms with E-state index in [-0.39, 0.29) is 0 Å². The molecule has 1 N–H and O–H groups in total. The molecule has 33 heavy (non-hydrogen) atoms. The van der Waals surface area contributed by atoms with Crippen molar-refractivity contribution in [3.8, 4) is 22.9 Å². The summed E-state index contributed by atoms with van der Waals surface area (Å²) in [6, 6.07) is 23.5. The maximum absolute atomic E-state index is 6.38. The highest BCUT2D eigenvalue weighted by Gasteiger charge is 2.27. The van der Waals surface area contributed by atoms with E-state index in [1.165, 1.54) is 11.8 Å². The van der Waals surface area contributed by atoms with Crippen LogP contribution in [0.2, 0.25) is 5.02 Å². The molecule has 0 fully saturated rings. The van der Waals surface area contributed by atoms with Crippen molar-refractivity contribution in [2.75, 3.05) is 11.9 Å². The third kappa shape index (κ3) is 4.60. The van der Waals surface area contributed by atoms with Gasteiger partial charge in [0.25, 0.3) is 0 Å². The van der Waals surface area contributed by atoms with E-state index in [4.69, 9.17) is 26.1 Å². The van der Waals surface area contributed by atoms with Crippen LogP contribution >= 0.6 is 23.4 Å². The van der Waals surface area contributed by atoms with Crippen LogP contribution in [0.3, 0.4) is 0 Å². The maximum atomic E-state index is 6.38. The highest BCUT2D eigenvalue weighted by molar-refractivity contribution is 7.98. The van der Waals surface area contributed by atoms with E-state index in [1.807, 2.05) is 79.7 Å². The number of para-hydroxylation sites is 2. The van der Waals surface area contributed by atoms with Crippen molar-refractivity contribution in [1.29, 1.82) is 0 Å². The Morgan fingerprint density at radius 3 is 2.67 bits per heavy atom. The highest BCUT2D eigenvalue weighted by Crippen LogP contribution is 2.41. The minimum Gasteiger partial charge on any atom is -0.493 e. The predicted octanol–water partition coefficient (Wildman–Crippen LogP) is 6.39. The molecule has 0 aliphatic carbocycles. The van der Waals surface area contributed by atoms with Crippen molar-refractivity contribution in [3.05, 3.63) is 88.9 Å². The molecule has 1 aliphatic rings. The van der Waals surface area contributed by atoms with Crippen LogP contribution in [0.5, 0.6) is 11.6 Å². The van der Waals surface area contributed by atoms with Gasteiger partial charge >= 0.3 is 0 Å². The van der Waals surface area contributed by atoms with Gasteiger partial charge in [-0.05, 0) is 36.8 Å². The van der Waals surface area contributed by atoms with E-state index in [1.54, 1.807) is 0 Å². The minimum atomic E-state index is -0.506. The Hall–Kier alpha value is -3.29. The van der Waals surface area contributed by atoms with Gasteiger partial charge in [0, 0.05) is 22.0 Å². The van der Waals surface area contributed by atoms with Crippen LogP contribution in [0.15, 0.2) is 78.0 Å². The van der Waals surface area contributed by atoms with Gasteiger partial charge in [-0.3, -0.25) is 0 Å². The first-order valence-electron chi connectivity index (χ1n) is 10.6. The molecule has 0 bridgehead atoms. The summed E-state index contributed by atoms with van der Waals surface area (Å²) in [5.41, 5.74) is 4.26. The molecule has 1 aromatic heterocycles. The van der Waals surface area contributed by atoms with Gasteiger partial charge in [-0.2, -0.15) is 4.98 Å². The van der Waals surface area contributed by atoms with E-state index in [2.05, 4.69) is 15.5 Å². The van der Waals surface area contributed by atoms with Crippen LogP contribution < -0.4 is 14.8 Å². The summed E-state index contributed by atoms with van der Waals surface area (Å²) in [5.74, 6) is 1.81. The van der Waals surface area contributed by atoms with E-state index in [0.717, 1.165) is 33.1 Å². The Balaban J connectivity index is 1.51. The molecule has 1 atom stereocenters. The molecule has 166 valence electrons. The number of anilines is 1. The van der Waals surface area contributed by atoms with Gasteiger partial charge in [0.1, 0.15) is 5.75 Å². The Morgan fingerprint density at radius 1 is 1.00 bits per heavy atom. The van der Waals surface area contributed by atoms with Crippen molar-refractivity contribution < 1.29 is 9.47 Å². The van der Waals surface area contributed by atoms with E-state index >= 15 is 0 Å². The standard InChI is InChI=1S/C25H21ClN4O2S/c1-2-31-21-14-8-5-11-18(21)23-27-20-13-7-4-10-17(20)22-24(32-23)28-25(30-29-22)33-15-16-9-3-6-12-19(16)26/h3-14,23,27H,2,15H2,1H3/t23-/m0/s1. The number of aromatic nitrogens is 3. The van der Waals surface area contributed by atoms with Gasteiger partial charge in [-0.15, -0.1) is 10.2 Å². The molecule has 0 saturated carbocycles. The Bertz CT molecular complexity index is 1290. The molecule has 0 radical (unpaired) electrons. The van der Waals surface area contributed by atoms with Crippen molar-refractivity contribution in [2.24, 2.45) is 0 Å². The summed E-state index contributed by atoms with van der Waals surface area (Å²) in [6.45, 7) is 2.52. The molecule has 5 rings (SSSR count). The van der Waals surface area contributed by atoms with E-state index < -0.39 is 6.23 Å². The molecule has 0 saturated heterocycles. The molecular weight excluding hydrogens is 456 g/mol. The first-order valence-corrected chi connectivity index (χ1v) is 11.9. The Labute approximate surface area is 201 Å². The number of nitrogens with one attached hydrogen (secondary N) is 1. The summed E-state index contributed by atoms with van der Waals surface area (Å²) in [4.78, 5) is 4.71. The van der Waals surface area contributed by atoms with Gasteiger partial charge in [-0.1, -0.05) is 71.9 Å². The van der Waals surface area contributed by atoms with Crippen molar-refractivity contribution in [2.45, 2.75) is 24.1 Å². The lowest BCUT2D eigenvalue weighted by Crippen LogP contribution is -2.18. The van der Waals surface area contributed by atoms with Crippen LogP contribution in [0, 0.1) is 0 Å². The Morgan fingerprint density at radius 2 is 1.79 bits per heavy atom. The van der Waals surface area contributed by atoms with Gasteiger partial charge in [0.15, 0.2) is 5.69 Å². The third-order valence-electron chi connectivity index (χ3n) is 5.15. The smallest absolute Gasteiger partial charge is 0.247 e. The maximum Gasteiger partial charge on any atom is 0.247 e. The second-order valence-corrected chi connectivity index (χ2v) is 8.64. The number of halogens is 1. The normalized spacial score (nSPS) is 14.3. The summed E-state index contributed by atoms with van der Waals surface area (Å²) in [7, 11) is 0. The van der Waals surface area contributed by atoms with Gasteiger partial charge in [0.2, 0.25) is 17.3 Å². The summed E-state index contributed by atoms with van der Waals surface area (Å²) >= 11 is 7.76. The fourth-order valence-corrected chi connectivity index (χ4v) is 4.66. The summed E-state index contributed by atoms with van der Waals surface area (Å²) in [5, 5.41) is 13.5. The van der Waals surface area contributed by atoms with E-state index in [0.29, 0.717) is 29.1 Å². The van der Waals surface area contributed by atoms with Crippen LogP contribution in [-0.2, 0) is 5.75 Å². The molecule has 0 spiro atoms. The van der Waals surface area contributed by atoms with Crippen molar-refractivity contribution >= 4 is 29.1 Å². The molecule has 2 heterocycles. The fraction of sp³-hybridized carbons (Fsp3) is 0.160. The van der Waals surface area contributed by atoms with Gasteiger partial charge in [-0.25, -0.2) is 0 Å². The zero-order valence-corrected chi connectivity index (χ0v) is 19.4. The largest absolute Gasteiger partial charge is 0.493 e. The molecular formula is C25H21ClN4O2S.